The highest BCUT2D eigenvalue weighted by Gasteiger charge is 2.15. The maximum absolute atomic E-state index is 13.4. The van der Waals surface area contributed by atoms with Crippen molar-refractivity contribution in [3.05, 3.63) is 29.6 Å². The standard InChI is InChI=1S/C11H16FNO/c1-7(2)11(13)9-6-8(14-3)4-5-10(9)12/h4-7,11H,13H2,1-3H3/t11-/m1/s1. The van der Waals surface area contributed by atoms with Crippen molar-refractivity contribution in [1.29, 1.82) is 0 Å². The van der Waals surface area contributed by atoms with E-state index in [2.05, 4.69) is 0 Å². The van der Waals surface area contributed by atoms with Gasteiger partial charge in [-0.25, -0.2) is 4.39 Å². The molecule has 0 heterocycles. The van der Waals surface area contributed by atoms with Gasteiger partial charge in [-0.3, -0.25) is 0 Å². The lowest BCUT2D eigenvalue weighted by Crippen LogP contribution is -2.18. The molecule has 2 nitrogen and oxygen atoms in total. The Bertz CT molecular complexity index is 312. The van der Waals surface area contributed by atoms with E-state index in [4.69, 9.17) is 10.5 Å². The lowest BCUT2D eigenvalue weighted by Gasteiger charge is -2.17. The van der Waals surface area contributed by atoms with Gasteiger partial charge in [-0.15, -0.1) is 0 Å². The molecule has 0 saturated carbocycles. The molecule has 0 aliphatic heterocycles. The number of hydrogen-bond donors (Lipinski definition) is 1. The van der Waals surface area contributed by atoms with Crippen LogP contribution in [0.3, 0.4) is 0 Å². The summed E-state index contributed by atoms with van der Waals surface area (Å²) in [6.07, 6.45) is 0. The van der Waals surface area contributed by atoms with Crippen molar-refractivity contribution in [2.24, 2.45) is 11.7 Å². The highest BCUT2D eigenvalue weighted by Crippen LogP contribution is 2.25. The Morgan fingerprint density at radius 2 is 2.00 bits per heavy atom. The smallest absolute Gasteiger partial charge is 0.128 e. The number of nitrogens with two attached hydrogens (primary N) is 1. The molecule has 78 valence electrons. The van der Waals surface area contributed by atoms with Gasteiger partial charge in [-0.05, 0) is 24.1 Å². The fourth-order valence-corrected chi connectivity index (χ4v) is 1.26. The highest BCUT2D eigenvalue weighted by molar-refractivity contribution is 5.31. The van der Waals surface area contributed by atoms with Crippen molar-refractivity contribution in [1.82, 2.24) is 0 Å². The summed E-state index contributed by atoms with van der Waals surface area (Å²) in [6.45, 7) is 3.92. The molecule has 1 aromatic carbocycles. The zero-order chi connectivity index (χ0) is 10.7. The fraction of sp³-hybridized carbons (Fsp3) is 0.455. The summed E-state index contributed by atoms with van der Waals surface area (Å²) in [4.78, 5) is 0. The van der Waals surface area contributed by atoms with Crippen molar-refractivity contribution in [2.45, 2.75) is 19.9 Å². The molecule has 0 bridgehead atoms. The second-order valence-electron chi connectivity index (χ2n) is 3.66. The Labute approximate surface area is 83.9 Å². The van der Waals surface area contributed by atoms with E-state index in [1.165, 1.54) is 6.07 Å². The quantitative estimate of drug-likeness (QED) is 0.808. The van der Waals surface area contributed by atoms with E-state index in [1.54, 1.807) is 19.2 Å². The van der Waals surface area contributed by atoms with Crippen molar-refractivity contribution in [3.63, 3.8) is 0 Å². The molecule has 0 amide bonds. The fourth-order valence-electron chi connectivity index (χ4n) is 1.26. The van der Waals surface area contributed by atoms with Gasteiger partial charge in [-0.2, -0.15) is 0 Å². The van der Waals surface area contributed by atoms with Crippen LogP contribution < -0.4 is 10.5 Å². The van der Waals surface area contributed by atoms with Crippen LogP contribution in [0.5, 0.6) is 5.75 Å². The predicted octanol–water partition coefficient (Wildman–Crippen LogP) is 2.49. The Morgan fingerprint density at radius 1 is 1.36 bits per heavy atom. The van der Waals surface area contributed by atoms with E-state index in [-0.39, 0.29) is 17.8 Å². The summed E-state index contributed by atoms with van der Waals surface area (Å²) in [5.74, 6) is 0.570. The maximum atomic E-state index is 13.4. The molecule has 0 aliphatic rings. The minimum atomic E-state index is -0.287. The Morgan fingerprint density at radius 3 is 2.50 bits per heavy atom. The van der Waals surface area contributed by atoms with E-state index in [0.29, 0.717) is 11.3 Å². The average Bonchev–Trinajstić information content (AvgIpc) is 2.17. The third kappa shape index (κ3) is 2.23. The molecule has 0 aromatic heterocycles. The first kappa shape index (κ1) is 11.0. The monoisotopic (exact) mass is 197 g/mol. The highest BCUT2D eigenvalue weighted by atomic mass is 19.1. The largest absolute Gasteiger partial charge is 0.497 e. The van der Waals surface area contributed by atoms with Gasteiger partial charge < -0.3 is 10.5 Å². The Hall–Kier alpha value is -1.09. The summed E-state index contributed by atoms with van der Waals surface area (Å²) in [5, 5.41) is 0. The third-order valence-electron chi connectivity index (χ3n) is 2.28. The van der Waals surface area contributed by atoms with Crippen LogP contribution in [-0.2, 0) is 0 Å². The SMILES string of the molecule is COc1ccc(F)c([C@H](N)C(C)C)c1. The van der Waals surface area contributed by atoms with Crippen LogP contribution in [0.2, 0.25) is 0 Å². The van der Waals surface area contributed by atoms with Crippen LogP contribution in [0, 0.1) is 11.7 Å². The van der Waals surface area contributed by atoms with Crippen LogP contribution in [-0.4, -0.2) is 7.11 Å². The lowest BCUT2D eigenvalue weighted by molar-refractivity contribution is 0.409. The molecule has 0 radical (unpaired) electrons. The molecule has 1 rings (SSSR count). The van der Waals surface area contributed by atoms with Crippen molar-refractivity contribution < 1.29 is 9.13 Å². The number of hydrogen-bond acceptors (Lipinski definition) is 2. The van der Waals surface area contributed by atoms with Gasteiger partial charge in [-0.1, -0.05) is 13.8 Å². The molecule has 0 aliphatic carbocycles. The molecule has 0 saturated heterocycles. The number of rotatable bonds is 3. The zero-order valence-corrected chi connectivity index (χ0v) is 8.75. The second-order valence-corrected chi connectivity index (χ2v) is 3.66. The normalized spacial score (nSPS) is 13.0. The first-order valence-corrected chi connectivity index (χ1v) is 4.65. The van der Waals surface area contributed by atoms with Crippen molar-refractivity contribution >= 4 is 0 Å². The van der Waals surface area contributed by atoms with Gasteiger partial charge in [0.15, 0.2) is 0 Å². The Kier molecular flexibility index (Phi) is 3.47. The molecule has 1 atom stereocenters. The summed E-state index contributed by atoms with van der Waals surface area (Å²) in [6, 6.07) is 4.34. The minimum absolute atomic E-state index is 0.205. The number of ether oxygens (including phenoxy) is 1. The van der Waals surface area contributed by atoms with Crippen LogP contribution in [0.4, 0.5) is 4.39 Å². The molecule has 0 spiro atoms. The van der Waals surface area contributed by atoms with Crippen LogP contribution in [0.15, 0.2) is 18.2 Å². The molecule has 2 N–H and O–H groups in total. The molecule has 3 heteroatoms. The molecular weight excluding hydrogens is 181 g/mol. The van der Waals surface area contributed by atoms with E-state index in [0.717, 1.165) is 0 Å². The van der Waals surface area contributed by atoms with Crippen LogP contribution >= 0.6 is 0 Å². The topological polar surface area (TPSA) is 35.2 Å². The second kappa shape index (κ2) is 4.42. The lowest BCUT2D eigenvalue weighted by atomic mass is 9.96. The predicted molar refractivity (Wildman–Crippen MR) is 54.7 cm³/mol. The minimum Gasteiger partial charge on any atom is -0.497 e. The van der Waals surface area contributed by atoms with Gasteiger partial charge in [0.1, 0.15) is 11.6 Å². The Balaban J connectivity index is 3.05. The third-order valence-corrected chi connectivity index (χ3v) is 2.28. The molecular formula is C11H16FNO. The zero-order valence-electron chi connectivity index (χ0n) is 8.75. The van der Waals surface area contributed by atoms with Gasteiger partial charge in [0.05, 0.1) is 7.11 Å². The summed E-state index contributed by atoms with van der Waals surface area (Å²) < 4.78 is 18.4. The first-order chi connectivity index (χ1) is 6.56. The maximum Gasteiger partial charge on any atom is 0.128 e. The van der Waals surface area contributed by atoms with Gasteiger partial charge in [0.25, 0.3) is 0 Å². The van der Waals surface area contributed by atoms with Gasteiger partial charge in [0, 0.05) is 11.6 Å². The van der Waals surface area contributed by atoms with Crippen molar-refractivity contribution in [2.75, 3.05) is 7.11 Å². The summed E-state index contributed by atoms with van der Waals surface area (Å²) in [5.41, 5.74) is 6.38. The molecule has 0 unspecified atom stereocenters. The molecule has 14 heavy (non-hydrogen) atoms. The molecule has 1 aromatic rings. The summed E-state index contributed by atoms with van der Waals surface area (Å²) >= 11 is 0. The van der Waals surface area contributed by atoms with E-state index in [1.807, 2.05) is 13.8 Å². The average molecular weight is 197 g/mol. The van der Waals surface area contributed by atoms with Crippen LogP contribution in [0.25, 0.3) is 0 Å². The van der Waals surface area contributed by atoms with E-state index >= 15 is 0 Å². The van der Waals surface area contributed by atoms with Gasteiger partial charge >= 0.3 is 0 Å². The number of halogens is 1. The molecule has 0 fully saturated rings. The van der Waals surface area contributed by atoms with Crippen LogP contribution in [0.1, 0.15) is 25.5 Å². The summed E-state index contributed by atoms with van der Waals surface area (Å²) in [7, 11) is 1.55. The van der Waals surface area contributed by atoms with Gasteiger partial charge in [0.2, 0.25) is 0 Å². The number of methoxy groups -OCH3 is 1. The first-order valence-electron chi connectivity index (χ1n) is 4.65. The van der Waals surface area contributed by atoms with E-state index in [9.17, 15) is 4.39 Å². The number of benzene rings is 1. The van der Waals surface area contributed by atoms with E-state index < -0.39 is 0 Å². The van der Waals surface area contributed by atoms with Crippen molar-refractivity contribution in [3.8, 4) is 5.75 Å².